The molecule has 1 fully saturated rings. The number of nitro groups is 1. The highest BCUT2D eigenvalue weighted by atomic mass is 19.1. The quantitative estimate of drug-likeness (QED) is 0.647. The van der Waals surface area contributed by atoms with E-state index in [9.17, 15) is 19.6 Å². The molecule has 1 aliphatic rings. The minimum Gasteiger partial charge on any atom is -0.389 e. The summed E-state index contributed by atoms with van der Waals surface area (Å²) in [5.41, 5.74) is -1.02. The predicted molar refractivity (Wildman–Crippen MR) is 77.3 cm³/mol. The van der Waals surface area contributed by atoms with E-state index >= 15 is 0 Å². The maximum atomic E-state index is 13.9. The molecule has 2 N–H and O–H groups in total. The van der Waals surface area contributed by atoms with Crippen LogP contribution in [0.1, 0.15) is 38.2 Å². The Hall–Kier alpha value is -1.53. The first-order chi connectivity index (χ1) is 9.91. The van der Waals surface area contributed by atoms with Gasteiger partial charge in [-0.1, -0.05) is 31.9 Å². The lowest BCUT2D eigenvalue weighted by atomic mass is 9.79. The van der Waals surface area contributed by atoms with Crippen molar-refractivity contribution < 1.29 is 14.4 Å². The molecule has 0 radical (unpaired) electrons. The molecule has 6 heteroatoms. The van der Waals surface area contributed by atoms with Crippen molar-refractivity contribution in [3.8, 4) is 0 Å². The van der Waals surface area contributed by atoms with Gasteiger partial charge in [0.05, 0.1) is 10.5 Å². The zero-order valence-corrected chi connectivity index (χ0v) is 12.1. The molecule has 1 aliphatic carbocycles. The number of aliphatic hydroxyl groups is 1. The van der Waals surface area contributed by atoms with Crippen LogP contribution in [0.4, 0.5) is 10.1 Å². The van der Waals surface area contributed by atoms with Gasteiger partial charge in [0.1, 0.15) is 0 Å². The Morgan fingerprint density at radius 3 is 3.00 bits per heavy atom. The van der Waals surface area contributed by atoms with Gasteiger partial charge < -0.3 is 10.4 Å². The van der Waals surface area contributed by atoms with Crippen LogP contribution in [0.3, 0.4) is 0 Å². The van der Waals surface area contributed by atoms with Crippen molar-refractivity contribution in [2.45, 2.75) is 44.8 Å². The summed E-state index contributed by atoms with van der Waals surface area (Å²) in [5, 5.41) is 24.2. The first-order valence-electron chi connectivity index (χ1n) is 7.26. The maximum Gasteiger partial charge on any atom is 0.305 e. The van der Waals surface area contributed by atoms with E-state index in [1.54, 1.807) is 0 Å². The average molecular weight is 296 g/mol. The van der Waals surface area contributed by atoms with Crippen molar-refractivity contribution in [1.29, 1.82) is 0 Å². The molecule has 0 bridgehead atoms. The van der Waals surface area contributed by atoms with Crippen LogP contribution in [0.2, 0.25) is 0 Å². The van der Waals surface area contributed by atoms with Gasteiger partial charge in [-0.05, 0) is 18.8 Å². The van der Waals surface area contributed by atoms with Crippen LogP contribution in [0.25, 0.3) is 0 Å². The third kappa shape index (κ3) is 3.98. The number of benzene rings is 1. The van der Waals surface area contributed by atoms with Gasteiger partial charge in [-0.15, -0.1) is 0 Å². The lowest BCUT2D eigenvalue weighted by Gasteiger charge is -2.35. The van der Waals surface area contributed by atoms with Gasteiger partial charge in [0.25, 0.3) is 0 Å². The lowest BCUT2D eigenvalue weighted by Crippen LogP contribution is -2.43. The van der Waals surface area contributed by atoms with Gasteiger partial charge in [0, 0.05) is 24.7 Å². The van der Waals surface area contributed by atoms with Crippen molar-refractivity contribution in [2.24, 2.45) is 5.92 Å². The Labute approximate surface area is 123 Å². The van der Waals surface area contributed by atoms with Crippen LogP contribution in [0, 0.1) is 21.8 Å². The second-order valence-corrected chi connectivity index (χ2v) is 6.04. The van der Waals surface area contributed by atoms with Crippen LogP contribution in [-0.2, 0) is 6.54 Å². The third-order valence-corrected chi connectivity index (χ3v) is 4.09. The molecule has 2 unspecified atom stereocenters. The normalized spacial score (nSPS) is 25.8. The topological polar surface area (TPSA) is 75.4 Å². The molecule has 0 aliphatic heterocycles. The van der Waals surface area contributed by atoms with Gasteiger partial charge in [0.2, 0.25) is 5.82 Å². The number of nitrogens with one attached hydrogen (secondary N) is 1. The van der Waals surface area contributed by atoms with Crippen molar-refractivity contribution in [3.05, 3.63) is 39.7 Å². The second kappa shape index (κ2) is 6.49. The van der Waals surface area contributed by atoms with Crippen LogP contribution in [0.5, 0.6) is 0 Å². The molecule has 0 heterocycles. The van der Waals surface area contributed by atoms with E-state index in [-0.39, 0.29) is 12.1 Å². The van der Waals surface area contributed by atoms with Crippen LogP contribution < -0.4 is 5.32 Å². The standard InChI is InChI=1S/C15H21FN2O3/c1-11-4-3-7-15(19,8-11)10-17-9-12-5-2-6-13(14(12)16)18(20)21/h2,5-6,11,17,19H,3-4,7-10H2,1H3. The highest BCUT2D eigenvalue weighted by Crippen LogP contribution is 2.31. The molecule has 0 saturated heterocycles. The van der Waals surface area contributed by atoms with E-state index in [1.165, 1.54) is 12.1 Å². The molecule has 21 heavy (non-hydrogen) atoms. The summed E-state index contributed by atoms with van der Waals surface area (Å²) in [6.45, 7) is 2.66. The Morgan fingerprint density at radius 2 is 2.33 bits per heavy atom. The minimum atomic E-state index is -0.806. The van der Waals surface area contributed by atoms with Crippen molar-refractivity contribution in [2.75, 3.05) is 6.54 Å². The summed E-state index contributed by atoms with van der Waals surface area (Å²) in [4.78, 5) is 9.96. The van der Waals surface area contributed by atoms with Crippen LogP contribution >= 0.6 is 0 Å². The summed E-state index contributed by atoms with van der Waals surface area (Å²) in [6, 6.07) is 4.13. The monoisotopic (exact) mass is 296 g/mol. The highest BCUT2D eigenvalue weighted by Gasteiger charge is 2.32. The number of nitrogens with zero attached hydrogens (tertiary/aromatic N) is 1. The first kappa shape index (κ1) is 15.9. The van der Waals surface area contributed by atoms with Gasteiger partial charge in [-0.25, -0.2) is 0 Å². The van der Waals surface area contributed by atoms with Gasteiger partial charge >= 0.3 is 5.69 Å². The first-order valence-corrected chi connectivity index (χ1v) is 7.26. The van der Waals surface area contributed by atoms with E-state index in [1.807, 2.05) is 0 Å². The van der Waals surface area contributed by atoms with Crippen LogP contribution in [0.15, 0.2) is 18.2 Å². The summed E-state index contributed by atoms with van der Waals surface area (Å²) in [6.07, 6.45) is 3.59. The summed E-state index contributed by atoms with van der Waals surface area (Å²) in [7, 11) is 0. The molecule has 5 nitrogen and oxygen atoms in total. The molecule has 1 saturated carbocycles. The van der Waals surface area contributed by atoms with E-state index in [0.29, 0.717) is 12.5 Å². The highest BCUT2D eigenvalue weighted by molar-refractivity contribution is 5.36. The molecular weight excluding hydrogens is 275 g/mol. The van der Waals surface area contributed by atoms with Crippen molar-refractivity contribution in [1.82, 2.24) is 5.32 Å². The molecular formula is C15H21FN2O3. The third-order valence-electron chi connectivity index (χ3n) is 4.09. The van der Waals surface area contributed by atoms with Crippen molar-refractivity contribution >= 4 is 5.69 Å². The number of nitro benzene ring substituents is 1. The number of rotatable bonds is 5. The smallest absolute Gasteiger partial charge is 0.305 e. The Bertz CT molecular complexity index is 524. The van der Waals surface area contributed by atoms with E-state index in [2.05, 4.69) is 12.2 Å². The Morgan fingerprint density at radius 1 is 1.57 bits per heavy atom. The molecule has 0 aromatic heterocycles. The van der Waals surface area contributed by atoms with E-state index in [4.69, 9.17) is 0 Å². The van der Waals surface area contributed by atoms with Gasteiger partial charge in [-0.2, -0.15) is 4.39 Å². The fraction of sp³-hybridized carbons (Fsp3) is 0.600. The molecule has 0 spiro atoms. The molecule has 2 atom stereocenters. The van der Waals surface area contributed by atoms with Crippen LogP contribution in [-0.4, -0.2) is 22.2 Å². The second-order valence-electron chi connectivity index (χ2n) is 6.04. The fourth-order valence-corrected chi connectivity index (χ4v) is 3.07. The Kier molecular flexibility index (Phi) is 4.90. The summed E-state index contributed by atoms with van der Waals surface area (Å²) in [5.74, 6) is -0.320. The molecule has 2 rings (SSSR count). The Balaban J connectivity index is 1.94. The fourth-order valence-electron chi connectivity index (χ4n) is 3.07. The molecule has 1 aromatic rings. The summed E-state index contributed by atoms with van der Waals surface area (Å²) < 4.78 is 13.9. The zero-order valence-electron chi connectivity index (χ0n) is 12.1. The largest absolute Gasteiger partial charge is 0.389 e. The number of hydrogen-bond acceptors (Lipinski definition) is 4. The van der Waals surface area contributed by atoms with E-state index < -0.39 is 22.0 Å². The average Bonchev–Trinajstić information content (AvgIpc) is 2.40. The predicted octanol–water partition coefficient (Wildman–Crippen LogP) is 2.76. The minimum absolute atomic E-state index is 0.171. The summed E-state index contributed by atoms with van der Waals surface area (Å²) >= 11 is 0. The number of hydrogen-bond donors (Lipinski definition) is 2. The van der Waals surface area contributed by atoms with Gasteiger partial charge in [0.15, 0.2) is 0 Å². The number of halogens is 1. The maximum absolute atomic E-state index is 13.9. The van der Waals surface area contributed by atoms with Crippen molar-refractivity contribution in [3.63, 3.8) is 0 Å². The van der Waals surface area contributed by atoms with Gasteiger partial charge in [-0.3, -0.25) is 10.1 Å². The molecule has 116 valence electrons. The lowest BCUT2D eigenvalue weighted by molar-refractivity contribution is -0.387. The molecule has 1 aromatic carbocycles. The SMILES string of the molecule is CC1CCCC(O)(CNCc2cccc([N+](=O)[O-])c2F)C1. The van der Waals surface area contributed by atoms with E-state index in [0.717, 1.165) is 31.7 Å². The molecule has 0 amide bonds. The zero-order chi connectivity index (χ0) is 15.5.